The molecule has 0 unspecified atom stereocenters. The molecule has 1 N–H and O–H groups in total. The number of carbonyl (C=O) groups is 3. The van der Waals surface area contributed by atoms with Gasteiger partial charge in [-0.05, 0) is 23.8 Å². The Bertz CT molecular complexity index is 1180. The molecular formula is C24H19NO5. The standard InChI is InChI=1S/C24H19NO5/c1-29-19-11-10-14(12-20(19)30-2)13-21(26)25-18-9-5-8-17-22(18)24(28)16-7-4-3-6-15(16)23(17)27/h3-12H,13H2,1-2H3,(H,25,26). The summed E-state index contributed by atoms with van der Waals surface area (Å²) in [6, 6.07) is 16.8. The fourth-order valence-electron chi connectivity index (χ4n) is 3.62. The Morgan fingerprint density at radius 2 is 1.47 bits per heavy atom. The molecule has 0 heterocycles. The number of benzene rings is 3. The van der Waals surface area contributed by atoms with Gasteiger partial charge >= 0.3 is 0 Å². The van der Waals surface area contributed by atoms with E-state index >= 15 is 0 Å². The molecule has 150 valence electrons. The monoisotopic (exact) mass is 401 g/mol. The van der Waals surface area contributed by atoms with Crippen LogP contribution >= 0.6 is 0 Å². The Hall–Kier alpha value is -3.93. The largest absolute Gasteiger partial charge is 0.493 e. The van der Waals surface area contributed by atoms with Crippen LogP contribution in [0, 0.1) is 0 Å². The van der Waals surface area contributed by atoms with Crippen molar-refractivity contribution in [3.8, 4) is 11.5 Å². The zero-order valence-electron chi connectivity index (χ0n) is 16.5. The van der Waals surface area contributed by atoms with Crippen molar-refractivity contribution in [1.82, 2.24) is 0 Å². The summed E-state index contributed by atoms with van der Waals surface area (Å²) in [6.07, 6.45) is 0.0722. The zero-order valence-corrected chi connectivity index (χ0v) is 16.5. The molecule has 0 spiro atoms. The maximum Gasteiger partial charge on any atom is 0.228 e. The highest BCUT2D eigenvalue weighted by molar-refractivity contribution is 6.30. The van der Waals surface area contributed by atoms with Crippen molar-refractivity contribution in [3.63, 3.8) is 0 Å². The molecule has 0 aromatic heterocycles. The van der Waals surface area contributed by atoms with Gasteiger partial charge in [-0.3, -0.25) is 14.4 Å². The van der Waals surface area contributed by atoms with E-state index < -0.39 is 0 Å². The van der Waals surface area contributed by atoms with Crippen molar-refractivity contribution in [2.45, 2.75) is 6.42 Å². The first-order chi connectivity index (χ1) is 14.5. The van der Waals surface area contributed by atoms with Crippen LogP contribution in [0.25, 0.3) is 0 Å². The fourth-order valence-corrected chi connectivity index (χ4v) is 3.62. The molecule has 1 amide bonds. The number of hydrogen-bond acceptors (Lipinski definition) is 5. The molecule has 30 heavy (non-hydrogen) atoms. The summed E-state index contributed by atoms with van der Waals surface area (Å²) < 4.78 is 10.5. The van der Waals surface area contributed by atoms with E-state index in [0.717, 1.165) is 5.56 Å². The van der Waals surface area contributed by atoms with Gasteiger partial charge in [0.2, 0.25) is 5.91 Å². The molecule has 0 aliphatic heterocycles. The summed E-state index contributed by atoms with van der Waals surface area (Å²) in [5.41, 5.74) is 2.29. The number of methoxy groups -OCH3 is 2. The highest BCUT2D eigenvalue weighted by Gasteiger charge is 2.31. The summed E-state index contributed by atoms with van der Waals surface area (Å²) in [7, 11) is 3.07. The van der Waals surface area contributed by atoms with E-state index in [0.29, 0.717) is 33.9 Å². The lowest BCUT2D eigenvalue weighted by Gasteiger charge is -2.20. The van der Waals surface area contributed by atoms with Crippen LogP contribution in [0.5, 0.6) is 11.5 Å². The molecule has 3 aromatic rings. The van der Waals surface area contributed by atoms with Crippen LogP contribution in [0.2, 0.25) is 0 Å². The first-order valence-corrected chi connectivity index (χ1v) is 9.35. The lowest BCUT2D eigenvalue weighted by Crippen LogP contribution is -2.24. The van der Waals surface area contributed by atoms with Crippen molar-refractivity contribution < 1.29 is 23.9 Å². The second-order valence-electron chi connectivity index (χ2n) is 6.85. The van der Waals surface area contributed by atoms with Crippen molar-refractivity contribution in [3.05, 3.63) is 88.5 Å². The first-order valence-electron chi connectivity index (χ1n) is 9.35. The maximum absolute atomic E-state index is 13.0. The third kappa shape index (κ3) is 3.33. The smallest absolute Gasteiger partial charge is 0.228 e. The van der Waals surface area contributed by atoms with Crippen LogP contribution in [-0.4, -0.2) is 31.7 Å². The highest BCUT2D eigenvalue weighted by Crippen LogP contribution is 2.32. The predicted octanol–water partition coefficient (Wildman–Crippen LogP) is 3.66. The number of rotatable bonds is 5. The summed E-state index contributed by atoms with van der Waals surface area (Å²) in [5.74, 6) is 0.284. The van der Waals surface area contributed by atoms with Crippen LogP contribution in [0.15, 0.2) is 60.7 Å². The van der Waals surface area contributed by atoms with Crippen molar-refractivity contribution in [2.24, 2.45) is 0 Å². The minimum absolute atomic E-state index is 0.0722. The third-order valence-electron chi connectivity index (χ3n) is 5.04. The predicted molar refractivity (Wildman–Crippen MR) is 112 cm³/mol. The lowest BCUT2D eigenvalue weighted by molar-refractivity contribution is -0.115. The summed E-state index contributed by atoms with van der Waals surface area (Å²) in [6.45, 7) is 0. The van der Waals surface area contributed by atoms with Gasteiger partial charge in [-0.2, -0.15) is 0 Å². The summed E-state index contributed by atoms with van der Waals surface area (Å²) in [4.78, 5) is 38.5. The number of nitrogens with one attached hydrogen (secondary N) is 1. The van der Waals surface area contributed by atoms with Crippen LogP contribution in [0.3, 0.4) is 0 Å². The number of anilines is 1. The van der Waals surface area contributed by atoms with Crippen LogP contribution in [0.1, 0.15) is 37.4 Å². The molecule has 1 aliphatic rings. The molecule has 3 aromatic carbocycles. The van der Waals surface area contributed by atoms with Crippen LogP contribution < -0.4 is 14.8 Å². The number of hydrogen-bond donors (Lipinski definition) is 1. The van der Waals surface area contributed by atoms with Gasteiger partial charge < -0.3 is 14.8 Å². The molecule has 4 rings (SSSR count). The molecule has 0 fully saturated rings. The Labute approximate surface area is 173 Å². The van der Waals surface area contributed by atoms with Gasteiger partial charge in [0.15, 0.2) is 23.1 Å². The lowest BCUT2D eigenvalue weighted by atomic mass is 9.83. The Morgan fingerprint density at radius 3 is 2.17 bits per heavy atom. The highest BCUT2D eigenvalue weighted by atomic mass is 16.5. The van der Waals surface area contributed by atoms with Gasteiger partial charge in [-0.25, -0.2) is 0 Å². The van der Waals surface area contributed by atoms with Gasteiger partial charge in [0.05, 0.1) is 31.9 Å². The van der Waals surface area contributed by atoms with Gasteiger partial charge in [-0.15, -0.1) is 0 Å². The van der Waals surface area contributed by atoms with Crippen molar-refractivity contribution in [2.75, 3.05) is 19.5 Å². The normalized spacial score (nSPS) is 12.1. The average Bonchev–Trinajstić information content (AvgIpc) is 2.77. The van der Waals surface area contributed by atoms with Gasteiger partial charge in [0.25, 0.3) is 0 Å². The van der Waals surface area contributed by atoms with E-state index in [4.69, 9.17) is 9.47 Å². The minimum Gasteiger partial charge on any atom is -0.493 e. The summed E-state index contributed by atoms with van der Waals surface area (Å²) >= 11 is 0. The van der Waals surface area contributed by atoms with Gasteiger partial charge in [0.1, 0.15) is 0 Å². The quantitative estimate of drug-likeness (QED) is 0.552. The van der Waals surface area contributed by atoms with E-state index in [1.54, 1.807) is 67.8 Å². The molecule has 6 nitrogen and oxygen atoms in total. The van der Waals surface area contributed by atoms with Gasteiger partial charge in [0, 0.05) is 16.7 Å². The van der Waals surface area contributed by atoms with Crippen LogP contribution in [0.4, 0.5) is 5.69 Å². The molecule has 0 saturated heterocycles. The molecule has 6 heteroatoms. The molecule has 0 saturated carbocycles. The third-order valence-corrected chi connectivity index (χ3v) is 5.04. The molecule has 0 bridgehead atoms. The molecule has 1 aliphatic carbocycles. The molecular weight excluding hydrogens is 382 g/mol. The van der Waals surface area contributed by atoms with E-state index in [1.165, 1.54) is 7.11 Å². The molecule has 0 radical (unpaired) electrons. The SMILES string of the molecule is COc1ccc(CC(=O)Nc2cccc3c2C(=O)c2ccccc2C3=O)cc1OC. The Balaban J connectivity index is 1.62. The van der Waals surface area contributed by atoms with E-state index in [9.17, 15) is 14.4 Å². The Morgan fingerprint density at radius 1 is 0.800 bits per heavy atom. The fraction of sp³-hybridized carbons (Fsp3) is 0.125. The van der Waals surface area contributed by atoms with Crippen LogP contribution in [-0.2, 0) is 11.2 Å². The second-order valence-corrected chi connectivity index (χ2v) is 6.85. The Kier molecular flexibility index (Phi) is 5.06. The average molecular weight is 401 g/mol. The number of fused-ring (bicyclic) bond motifs is 2. The maximum atomic E-state index is 13.0. The summed E-state index contributed by atoms with van der Waals surface area (Å²) in [5, 5.41) is 2.78. The second kappa shape index (κ2) is 7.83. The topological polar surface area (TPSA) is 81.7 Å². The zero-order chi connectivity index (χ0) is 21.3. The number of carbonyl (C=O) groups excluding carboxylic acids is 3. The van der Waals surface area contributed by atoms with E-state index in [2.05, 4.69) is 5.32 Å². The van der Waals surface area contributed by atoms with E-state index in [1.807, 2.05) is 0 Å². The minimum atomic E-state index is -0.310. The van der Waals surface area contributed by atoms with Crippen molar-refractivity contribution >= 4 is 23.2 Å². The van der Waals surface area contributed by atoms with Gasteiger partial charge in [-0.1, -0.05) is 42.5 Å². The number of amides is 1. The first kappa shape index (κ1) is 19.4. The number of ketones is 2. The van der Waals surface area contributed by atoms with E-state index in [-0.39, 0.29) is 29.5 Å². The van der Waals surface area contributed by atoms with Crippen molar-refractivity contribution in [1.29, 1.82) is 0 Å². The molecule has 0 atom stereocenters. The number of ether oxygens (including phenoxy) is 2.